The van der Waals surface area contributed by atoms with E-state index in [1.807, 2.05) is 0 Å². The summed E-state index contributed by atoms with van der Waals surface area (Å²) in [5.41, 5.74) is 5.00. The van der Waals surface area contributed by atoms with E-state index in [1.54, 1.807) is 0 Å². The zero-order chi connectivity index (χ0) is 20.9. The number of carbonyl (C=O) groups excluding carboxylic acids is 1. The Hall–Kier alpha value is -2.33. The van der Waals surface area contributed by atoms with Crippen LogP contribution in [0.15, 0.2) is 48.5 Å². The molecule has 0 saturated carbocycles. The number of nitrogens with one attached hydrogen (secondary N) is 2. The van der Waals surface area contributed by atoms with Gasteiger partial charge in [-0.1, -0.05) is 62.4 Å². The van der Waals surface area contributed by atoms with E-state index in [1.165, 1.54) is 41.5 Å². The van der Waals surface area contributed by atoms with Crippen molar-refractivity contribution < 1.29 is 9.53 Å². The lowest BCUT2D eigenvalue weighted by Crippen LogP contribution is -2.40. The SMILES string of the molecule is CC(C)CC1CC(CCNC(=O)OCC2c3ccccc3-c3ccccc32)CCN1. The fourth-order valence-electron chi connectivity index (χ4n) is 5.13. The van der Waals surface area contributed by atoms with Crippen LogP contribution in [0.1, 0.15) is 56.6 Å². The van der Waals surface area contributed by atoms with Crippen LogP contribution >= 0.6 is 0 Å². The molecule has 1 fully saturated rings. The average Bonchev–Trinajstić information content (AvgIpc) is 3.06. The number of amides is 1. The van der Waals surface area contributed by atoms with E-state index in [2.05, 4.69) is 73.0 Å². The summed E-state index contributed by atoms with van der Waals surface area (Å²) in [6, 6.07) is 17.5. The van der Waals surface area contributed by atoms with Crippen molar-refractivity contribution in [2.24, 2.45) is 11.8 Å². The maximum atomic E-state index is 12.3. The van der Waals surface area contributed by atoms with Gasteiger partial charge < -0.3 is 15.4 Å². The van der Waals surface area contributed by atoms with Crippen molar-refractivity contribution >= 4 is 6.09 Å². The van der Waals surface area contributed by atoms with Gasteiger partial charge >= 0.3 is 6.09 Å². The van der Waals surface area contributed by atoms with E-state index in [0.717, 1.165) is 18.9 Å². The molecule has 2 aromatic carbocycles. The number of benzene rings is 2. The molecular formula is C26H34N2O2. The summed E-state index contributed by atoms with van der Waals surface area (Å²) in [6.07, 6.45) is 4.37. The molecule has 1 saturated heterocycles. The summed E-state index contributed by atoms with van der Waals surface area (Å²) < 4.78 is 5.64. The Kier molecular flexibility index (Phi) is 6.73. The third-order valence-electron chi connectivity index (χ3n) is 6.52. The molecule has 0 bridgehead atoms. The number of fused-ring (bicyclic) bond motifs is 3. The Labute approximate surface area is 180 Å². The van der Waals surface area contributed by atoms with Crippen molar-refractivity contribution in [1.82, 2.24) is 10.6 Å². The lowest BCUT2D eigenvalue weighted by molar-refractivity contribution is 0.141. The van der Waals surface area contributed by atoms with Gasteiger partial charge in [0.25, 0.3) is 0 Å². The number of alkyl carbamates (subject to hydrolysis) is 1. The highest BCUT2D eigenvalue weighted by atomic mass is 16.5. The Bertz CT molecular complexity index is 818. The molecule has 2 atom stereocenters. The van der Waals surface area contributed by atoms with Crippen molar-refractivity contribution in [3.05, 3.63) is 59.7 Å². The van der Waals surface area contributed by atoms with Gasteiger partial charge in [-0.2, -0.15) is 0 Å². The minimum atomic E-state index is -0.301. The normalized spacial score (nSPS) is 20.6. The van der Waals surface area contributed by atoms with Crippen LogP contribution in [0.2, 0.25) is 0 Å². The molecule has 2 aromatic rings. The molecule has 1 amide bonds. The molecular weight excluding hydrogens is 372 g/mol. The van der Waals surface area contributed by atoms with E-state index >= 15 is 0 Å². The van der Waals surface area contributed by atoms with Crippen molar-refractivity contribution in [1.29, 1.82) is 0 Å². The highest BCUT2D eigenvalue weighted by Crippen LogP contribution is 2.44. The summed E-state index contributed by atoms with van der Waals surface area (Å²) in [6.45, 7) is 6.72. The van der Waals surface area contributed by atoms with Gasteiger partial charge in [0.05, 0.1) is 0 Å². The summed E-state index contributed by atoms with van der Waals surface area (Å²) in [5.74, 6) is 1.52. The summed E-state index contributed by atoms with van der Waals surface area (Å²) >= 11 is 0. The van der Waals surface area contributed by atoms with Crippen molar-refractivity contribution in [3.63, 3.8) is 0 Å². The molecule has 1 aliphatic carbocycles. The molecule has 0 radical (unpaired) electrons. The van der Waals surface area contributed by atoms with Gasteiger partial charge in [0.1, 0.15) is 6.61 Å². The molecule has 4 heteroatoms. The molecule has 0 spiro atoms. The van der Waals surface area contributed by atoms with Crippen molar-refractivity contribution in [3.8, 4) is 11.1 Å². The Morgan fingerprint density at radius 1 is 1.10 bits per heavy atom. The quantitative estimate of drug-likeness (QED) is 0.653. The first-order valence-electron chi connectivity index (χ1n) is 11.4. The molecule has 1 heterocycles. The molecule has 30 heavy (non-hydrogen) atoms. The second-order valence-corrected chi connectivity index (χ2v) is 9.21. The Morgan fingerprint density at radius 2 is 1.77 bits per heavy atom. The fourth-order valence-corrected chi connectivity index (χ4v) is 5.13. The third-order valence-corrected chi connectivity index (χ3v) is 6.52. The second kappa shape index (κ2) is 9.65. The van der Waals surface area contributed by atoms with Gasteiger partial charge in [0.2, 0.25) is 0 Å². The molecule has 2 N–H and O–H groups in total. The maximum Gasteiger partial charge on any atom is 0.407 e. The van der Waals surface area contributed by atoms with Crippen LogP contribution in [0.3, 0.4) is 0 Å². The standard InChI is InChI=1S/C26H34N2O2/c1-18(2)15-20-16-19(11-13-27-20)12-14-28-26(29)30-17-25-23-9-5-3-7-21(23)22-8-4-6-10-24(22)25/h3-10,18-20,25,27H,11-17H2,1-2H3,(H,28,29). The largest absolute Gasteiger partial charge is 0.449 e. The van der Waals surface area contributed by atoms with Crippen LogP contribution in [0.25, 0.3) is 11.1 Å². The minimum Gasteiger partial charge on any atom is -0.449 e. The predicted molar refractivity (Wildman–Crippen MR) is 122 cm³/mol. The van der Waals surface area contributed by atoms with Crippen LogP contribution in [-0.2, 0) is 4.74 Å². The summed E-state index contributed by atoms with van der Waals surface area (Å²) in [5, 5.41) is 6.61. The van der Waals surface area contributed by atoms with E-state index in [0.29, 0.717) is 25.1 Å². The first kappa shape index (κ1) is 20.9. The Balaban J connectivity index is 1.25. The zero-order valence-electron chi connectivity index (χ0n) is 18.2. The van der Waals surface area contributed by atoms with Gasteiger partial charge in [-0.25, -0.2) is 4.79 Å². The van der Waals surface area contributed by atoms with Gasteiger partial charge in [-0.15, -0.1) is 0 Å². The monoisotopic (exact) mass is 406 g/mol. The zero-order valence-corrected chi connectivity index (χ0v) is 18.2. The molecule has 4 nitrogen and oxygen atoms in total. The minimum absolute atomic E-state index is 0.115. The lowest BCUT2D eigenvalue weighted by atomic mass is 9.86. The molecule has 2 unspecified atom stereocenters. The van der Waals surface area contributed by atoms with Crippen LogP contribution in [-0.4, -0.2) is 31.8 Å². The van der Waals surface area contributed by atoms with E-state index in [9.17, 15) is 4.79 Å². The van der Waals surface area contributed by atoms with Gasteiger partial charge in [0, 0.05) is 18.5 Å². The van der Waals surface area contributed by atoms with Crippen LogP contribution in [0.5, 0.6) is 0 Å². The first-order valence-corrected chi connectivity index (χ1v) is 11.4. The Morgan fingerprint density at radius 3 is 2.43 bits per heavy atom. The number of rotatable bonds is 7. The molecule has 160 valence electrons. The number of ether oxygens (including phenoxy) is 1. The number of hydrogen-bond acceptors (Lipinski definition) is 3. The van der Waals surface area contributed by atoms with E-state index < -0.39 is 0 Å². The van der Waals surface area contributed by atoms with Gasteiger partial charge in [0.15, 0.2) is 0 Å². The van der Waals surface area contributed by atoms with E-state index in [4.69, 9.17) is 4.74 Å². The van der Waals surface area contributed by atoms with Crippen LogP contribution in [0.4, 0.5) is 4.79 Å². The second-order valence-electron chi connectivity index (χ2n) is 9.21. The predicted octanol–water partition coefficient (Wildman–Crippen LogP) is 5.33. The number of carbonyl (C=O) groups is 1. The smallest absolute Gasteiger partial charge is 0.407 e. The van der Waals surface area contributed by atoms with Crippen molar-refractivity contribution in [2.75, 3.05) is 19.7 Å². The topological polar surface area (TPSA) is 50.4 Å². The summed E-state index contributed by atoms with van der Waals surface area (Å²) in [4.78, 5) is 12.3. The van der Waals surface area contributed by atoms with Gasteiger partial charge in [-0.05, 0) is 66.3 Å². The number of piperidine rings is 1. The fraction of sp³-hybridized carbons (Fsp3) is 0.500. The first-order chi connectivity index (χ1) is 14.6. The third kappa shape index (κ3) is 4.86. The lowest BCUT2D eigenvalue weighted by Gasteiger charge is -2.31. The van der Waals surface area contributed by atoms with E-state index in [-0.39, 0.29) is 12.0 Å². The molecule has 0 aromatic heterocycles. The molecule has 2 aliphatic rings. The maximum absolute atomic E-state index is 12.3. The molecule has 4 rings (SSSR count). The van der Waals surface area contributed by atoms with Crippen molar-refractivity contribution in [2.45, 2.75) is 51.5 Å². The molecule has 1 aliphatic heterocycles. The van der Waals surface area contributed by atoms with Crippen LogP contribution in [0, 0.1) is 11.8 Å². The highest BCUT2D eigenvalue weighted by molar-refractivity contribution is 5.79. The van der Waals surface area contributed by atoms with Gasteiger partial charge in [-0.3, -0.25) is 0 Å². The highest BCUT2D eigenvalue weighted by Gasteiger charge is 2.29. The summed E-state index contributed by atoms with van der Waals surface area (Å²) in [7, 11) is 0. The van der Waals surface area contributed by atoms with Crippen LogP contribution < -0.4 is 10.6 Å². The number of hydrogen-bond donors (Lipinski definition) is 2. The average molecular weight is 407 g/mol.